The number of piperidine rings is 1. The Bertz CT molecular complexity index is 653. The summed E-state index contributed by atoms with van der Waals surface area (Å²) in [5.41, 5.74) is 0.338. The van der Waals surface area contributed by atoms with Crippen LogP contribution in [-0.2, 0) is 6.42 Å². The summed E-state index contributed by atoms with van der Waals surface area (Å²) < 4.78 is 5.43. The first kappa shape index (κ1) is 16.1. The van der Waals surface area contributed by atoms with Crippen LogP contribution in [0.3, 0.4) is 0 Å². The highest BCUT2D eigenvalue weighted by Gasteiger charge is 2.34. The molecule has 0 bridgehead atoms. The minimum Gasteiger partial charge on any atom is -0.478 e. The Morgan fingerprint density at radius 2 is 2.13 bits per heavy atom. The molecule has 1 aliphatic rings. The highest BCUT2D eigenvalue weighted by molar-refractivity contribution is 7.09. The van der Waals surface area contributed by atoms with Crippen molar-refractivity contribution in [2.24, 2.45) is 0 Å². The molecule has 1 N–H and O–H groups in total. The van der Waals surface area contributed by atoms with Gasteiger partial charge in [-0.2, -0.15) is 4.98 Å². The van der Waals surface area contributed by atoms with Crippen molar-refractivity contribution in [1.29, 1.82) is 0 Å². The molecule has 3 rings (SSSR count). The molecule has 0 aromatic carbocycles. The van der Waals surface area contributed by atoms with Crippen LogP contribution in [0.15, 0.2) is 17.6 Å². The van der Waals surface area contributed by atoms with E-state index in [0.29, 0.717) is 37.7 Å². The Kier molecular flexibility index (Phi) is 4.77. The smallest absolute Gasteiger partial charge is 0.228 e. The molecular weight excluding hydrogens is 312 g/mol. The molecule has 6 nitrogen and oxygen atoms in total. The van der Waals surface area contributed by atoms with Gasteiger partial charge in [0.05, 0.1) is 17.2 Å². The quantitative estimate of drug-likeness (QED) is 0.904. The molecule has 0 radical (unpaired) electrons. The number of ether oxygens (including phenoxy) is 1. The predicted molar refractivity (Wildman–Crippen MR) is 90.2 cm³/mol. The number of nitrogens with zero attached hydrogens (tertiary/aromatic N) is 4. The van der Waals surface area contributed by atoms with Crippen LogP contribution in [0.25, 0.3) is 0 Å². The fraction of sp³-hybridized carbons (Fsp3) is 0.562. The van der Waals surface area contributed by atoms with Gasteiger partial charge in [-0.1, -0.05) is 0 Å². The summed E-state index contributed by atoms with van der Waals surface area (Å²) in [6.45, 7) is 5.97. The van der Waals surface area contributed by atoms with Gasteiger partial charge in [-0.25, -0.2) is 9.97 Å². The second-order valence-electron chi connectivity index (χ2n) is 5.90. The number of aliphatic hydroxyl groups is 1. The molecule has 7 heteroatoms. The third-order valence-corrected chi connectivity index (χ3v) is 5.00. The molecule has 124 valence electrons. The Morgan fingerprint density at radius 1 is 1.35 bits per heavy atom. The first-order valence-electron chi connectivity index (χ1n) is 7.92. The van der Waals surface area contributed by atoms with E-state index in [1.165, 1.54) is 0 Å². The molecule has 0 unspecified atom stereocenters. The summed E-state index contributed by atoms with van der Waals surface area (Å²) >= 11 is 1.62. The van der Waals surface area contributed by atoms with E-state index in [4.69, 9.17) is 4.74 Å². The third kappa shape index (κ3) is 3.97. The van der Waals surface area contributed by atoms with Crippen LogP contribution in [0.4, 0.5) is 5.95 Å². The highest BCUT2D eigenvalue weighted by atomic mass is 32.1. The maximum atomic E-state index is 10.8. The second kappa shape index (κ2) is 6.80. The van der Waals surface area contributed by atoms with Crippen LogP contribution in [-0.4, -0.2) is 45.4 Å². The van der Waals surface area contributed by atoms with E-state index < -0.39 is 5.60 Å². The van der Waals surface area contributed by atoms with Gasteiger partial charge in [0.1, 0.15) is 0 Å². The van der Waals surface area contributed by atoms with Crippen molar-refractivity contribution in [3.8, 4) is 5.88 Å². The first-order valence-corrected chi connectivity index (χ1v) is 8.80. The molecule has 2 aromatic heterocycles. The minimum atomic E-state index is -0.682. The number of rotatable bonds is 5. The predicted octanol–water partition coefficient (Wildman–Crippen LogP) is 2.21. The third-order valence-electron chi connectivity index (χ3n) is 4.03. The summed E-state index contributed by atoms with van der Waals surface area (Å²) in [5, 5.41) is 13.8. The molecular formula is C16H22N4O2S. The Hall–Kier alpha value is -1.73. The lowest BCUT2D eigenvalue weighted by Crippen LogP contribution is -2.46. The second-order valence-corrected chi connectivity index (χ2v) is 6.84. The van der Waals surface area contributed by atoms with Crippen molar-refractivity contribution >= 4 is 17.3 Å². The number of aromatic nitrogens is 3. The Balaban J connectivity index is 1.62. The van der Waals surface area contributed by atoms with E-state index >= 15 is 0 Å². The van der Waals surface area contributed by atoms with Crippen LogP contribution in [0, 0.1) is 6.92 Å². The molecule has 3 heterocycles. The van der Waals surface area contributed by atoms with Crippen molar-refractivity contribution in [2.75, 3.05) is 24.6 Å². The SMILES string of the molecule is CCOc1ccnc(N2CCC(O)(Cc3nc(C)cs3)CC2)n1. The summed E-state index contributed by atoms with van der Waals surface area (Å²) in [5.74, 6) is 1.26. The first-order chi connectivity index (χ1) is 11.1. The van der Waals surface area contributed by atoms with Crippen molar-refractivity contribution in [2.45, 2.75) is 38.7 Å². The van der Waals surface area contributed by atoms with Crippen LogP contribution in [0.1, 0.15) is 30.5 Å². The van der Waals surface area contributed by atoms with Crippen LogP contribution in [0.2, 0.25) is 0 Å². The molecule has 0 atom stereocenters. The van der Waals surface area contributed by atoms with Crippen LogP contribution in [0.5, 0.6) is 5.88 Å². The number of aryl methyl sites for hydroxylation is 1. The number of thiazole rings is 1. The van der Waals surface area contributed by atoms with Gasteiger partial charge in [-0.3, -0.25) is 0 Å². The summed E-state index contributed by atoms with van der Waals surface area (Å²) in [4.78, 5) is 15.3. The van der Waals surface area contributed by atoms with Crippen molar-refractivity contribution < 1.29 is 9.84 Å². The Morgan fingerprint density at radius 3 is 2.78 bits per heavy atom. The van der Waals surface area contributed by atoms with Gasteiger partial charge >= 0.3 is 0 Å². The molecule has 2 aromatic rings. The average molecular weight is 334 g/mol. The zero-order chi connectivity index (χ0) is 16.3. The van der Waals surface area contributed by atoms with E-state index in [0.717, 1.165) is 23.8 Å². The molecule has 0 saturated carbocycles. The van der Waals surface area contributed by atoms with Gasteiger partial charge in [-0.05, 0) is 26.7 Å². The van der Waals surface area contributed by atoms with E-state index in [-0.39, 0.29) is 0 Å². The van der Waals surface area contributed by atoms with E-state index in [9.17, 15) is 5.11 Å². The summed E-state index contributed by atoms with van der Waals surface area (Å²) in [6.07, 6.45) is 3.72. The molecule has 1 aliphatic heterocycles. The highest BCUT2D eigenvalue weighted by Crippen LogP contribution is 2.29. The fourth-order valence-corrected chi connectivity index (χ4v) is 3.69. The van der Waals surface area contributed by atoms with Gasteiger partial charge in [0.2, 0.25) is 11.8 Å². The Labute approximate surface area is 140 Å². The standard InChI is InChI=1S/C16H22N4O2S/c1-3-22-13-4-7-17-15(19-13)20-8-5-16(21,6-9-20)10-14-18-12(2)11-23-14/h4,7,11,21H,3,5-6,8-10H2,1-2H3. The number of anilines is 1. The lowest BCUT2D eigenvalue weighted by atomic mass is 9.88. The van der Waals surface area contributed by atoms with Crippen LogP contribution >= 0.6 is 11.3 Å². The average Bonchev–Trinajstić information content (AvgIpc) is 2.93. The lowest BCUT2D eigenvalue weighted by Gasteiger charge is -2.37. The van der Waals surface area contributed by atoms with E-state index in [1.54, 1.807) is 23.6 Å². The largest absolute Gasteiger partial charge is 0.478 e. The molecule has 23 heavy (non-hydrogen) atoms. The number of hydrogen-bond donors (Lipinski definition) is 1. The zero-order valence-corrected chi connectivity index (χ0v) is 14.3. The fourth-order valence-electron chi connectivity index (χ4n) is 2.78. The number of hydrogen-bond acceptors (Lipinski definition) is 7. The summed E-state index contributed by atoms with van der Waals surface area (Å²) in [7, 11) is 0. The molecule has 0 spiro atoms. The molecule has 1 fully saturated rings. The van der Waals surface area contributed by atoms with Crippen molar-refractivity contribution in [1.82, 2.24) is 15.0 Å². The van der Waals surface area contributed by atoms with Crippen LogP contribution < -0.4 is 9.64 Å². The van der Waals surface area contributed by atoms with Gasteiger partial charge < -0.3 is 14.7 Å². The normalized spacial score (nSPS) is 17.3. The van der Waals surface area contributed by atoms with Gasteiger partial charge in [-0.15, -0.1) is 11.3 Å². The monoisotopic (exact) mass is 334 g/mol. The lowest BCUT2D eigenvalue weighted by molar-refractivity contribution is 0.0162. The maximum Gasteiger partial charge on any atom is 0.228 e. The molecule has 0 amide bonds. The van der Waals surface area contributed by atoms with Gasteiger partial charge in [0, 0.05) is 42.8 Å². The minimum absolute atomic E-state index is 0.587. The van der Waals surface area contributed by atoms with Gasteiger partial charge in [0.15, 0.2) is 0 Å². The zero-order valence-electron chi connectivity index (χ0n) is 13.5. The summed E-state index contributed by atoms with van der Waals surface area (Å²) in [6, 6.07) is 1.76. The topological polar surface area (TPSA) is 71.4 Å². The molecule has 1 saturated heterocycles. The maximum absolute atomic E-state index is 10.8. The van der Waals surface area contributed by atoms with E-state index in [2.05, 4.69) is 19.9 Å². The molecule has 0 aliphatic carbocycles. The van der Waals surface area contributed by atoms with Gasteiger partial charge in [0.25, 0.3) is 0 Å². The van der Waals surface area contributed by atoms with Crippen molar-refractivity contribution in [3.05, 3.63) is 28.3 Å². The van der Waals surface area contributed by atoms with E-state index in [1.807, 2.05) is 19.2 Å². The van der Waals surface area contributed by atoms with Crippen molar-refractivity contribution in [3.63, 3.8) is 0 Å².